The average molecular weight is 337 g/mol. The van der Waals surface area contributed by atoms with E-state index in [-0.39, 0.29) is 11.3 Å². The Labute approximate surface area is 142 Å². The second kappa shape index (κ2) is 6.88. The van der Waals surface area contributed by atoms with Crippen LogP contribution in [0.3, 0.4) is 0 Å². The van der Waals surface area contributed by atoms with E-state index in [1.807, 2.05) is 0 Å². The van der Waals surface area contributed by atoms with Crippen LogP contribution >= 0.6 is 0 Å². The monoisotopic (exact) mass is 337 g/mol. The van der Waals surface area contributed by atoms with Gasteiger partial charge in [-0.2, -0.15) is 5.10 Å². The van der Waals surface area contributed by atoms with E-state index < -0.39 is 11.5 Å². The van der Waals surface area contributed by atoms with Crippen LogP contribution in [-0.2, 0) is 0 Å². The number of fused-ring (bicyclic) bond motifs is 1. The fourth-order valence-electron chi connectivity index (χ4n) is 2.35. The number of benzene rings is 2. The maximum atomic E-state index is 12.2. The van der Waals surface area contributed by atoms with Crippen LogP contribution in [0, 0.1) is 0 Å². The predicted molar refractivity (Wildman–Crippen MR) is 94.3 cm³/mol. The second-order valence-electron chi connectivity index (χ2n) is 5.20. The summed E-state index contributed by atoms with van der Waals surface area (Å²) in [5, 5.41) is 14.4. The first-order chi connectivity index (χ1) is 12.1. The van der Waals surface area contributed by atoms with Crippen LogP contribution in [0.1, 0.15) is 15.9 Å². The van der Waals surface area contributed by atoms with Crippen molar-refractivity contribution in [1.82, 2.24) is 10.4 Å². The molecule has 3 rings (SSSR count). The molecule has 7 heteroatoms. The Bertz CT molecular complexity index is 1010. The molecule has 0 aliphatic rings. The van der Waals surface area contributed by atoms with E-state index in [0.717, 1.165) is 5.56 Å². The van der Waals surface area contributed by atoms with Gasteiger partial charge in [0.1, 0.15) is 17.1 Å². The maximum absolute atomic E-state index is 12.2. The van der Waals surface area contributed by atoms with Crippen molar-refractivity contribution in [2.45, 2.75) is 0 Å². The first-order valence-electron chi connectivity index (χ1n) is 7.41. The Balaban J connectivity index is 1.82. The number of methoxy groups -OCH3 is 1. The molecule has 0 unspecified atom stereocenters. The van der Waals surface area contributed by atoms with Crippen LogP contribution < -0.4 is 15.7 Å². The van der Waals surface area contributed by atoms with E-state index in [0.29, 0.717) is 16.7 Å². The van der Waals surface area contributed by atoms with Gasteiger partial charge in [-0.3, -0.25) is 9.59 Å². The lowest BCUT2D eigenvalue weighted by atomic mass is 10.1. The van der Waals surface area contributed by atoms with Crippen LogP contribution in [0.2, 0.25) is 0 Å². The van der Waals surface area contributed by atoms with Gasteiger partial charge < -0.3 is 14.8 Å². The molecule has 0 saturated heterocycles. The number of amides is 1. The van der Waals surface area contributed by atoms with Gasteiger partial charge in [-0.1, -0.05) is 12.1 Å². The zero-order valence-electron chi connectivity index (χ0n) is 13.3. The molecule has 0 spiro atoms. The van der Waals surface area contributed by atoms with Gasteiger partial charge in [0, 0.05) is 5.39 Å². The molecule has 3 aromatic rings. The zero-order chi connectivity index (χ0) is 17.8. The average Bonchev–Trinajstić information content (AvgIpc) is 2.62. The van der Waals surface area contributed by atoms with Gasteiger partial charge in [-0.15, -0.1) is 0 Å². The highest BCUT2D eigenvalue weighted by Crippen LogP contribution is 2.24. The second-order valence-corrected chi connectivity index (χ2v) is 5.20. The number of nitrogens with one attached hydrogen (secondary N) is 2. The number of aromatic nitrogens is 1. The lowest BCUT2D eigenvalue weighted by Crippen LogP contribution is -2.26. The van der Waals surface area contributed by atoms with E-state index >= 15 is 0 Å². The molecule has 126 valence electrons. The molecule has 7 nitrogen and oxygen atoms in total. The lowest BCUT2D eigenvalue weighted by Gasteiger charge is -2.06. The van der Waals surface area contributed by atoms with Gasteiger partial charge in [-0.05, 0) is 42.0 Å². The molecule has 1 heterocycles. The summed E-state index contributed by atoms with van der Waals surface area (Å²) >= 11 is 0. The summed E-state index contributed by atoms with van der Waals surface area (Å²) in [5.74, 6) is -0.473. The van der Waals surface area contributed by atoms with E-state index in [1.54, 1.807) is 55.6 Å². The Morgan fingerprint density at radius 3 is 2.64 bits per heavy atom. The minimum absolute atomic E-state index is 0.378. The van der Waals surface area contributed by atoms with Gasteiger partial charge >= 0.3 is 0 Å². The van der Waals surface area contributed by atoms with Crippen molar-refractivity contribution in [3.05, 3.63) is 70.0 Å². The smallest absolute Gasteiger partial charge is 0.280 e. The van der Waals surface area contributed by atoms with Gasteiger partial charge in [-0.25, -0.2) is 5.43 Å². The number of H-pyrrole nitrogens is 1. The third-order valence-corrected chi connectivity index (χ3v) is 3.62. The Hall–Kier alpha value is -3.61. The topological polar surface area (TPSA) is 104 Å². The highest BCUT2D eigenvalue weighted by molar-refractivity contribution is 6.02. The zero-order valence-corrected chi connectivity index (χ0v) is 13.3. The molecule has 0 atom stereocenters. The molecular weight excluding hydrogens is 322 g/mol. The number of aromatic amines is 1. The summed E-state index contributed by atoms with van der Waals surface area (Å²) in [6, 6.07) is 13.7. The number of aromatic hydroxyl groups is 1. The quantitative estimate of drug-likeness (QED) is 0.500. The number of hydrogen-bond acceptors (Lipinski definition) is 5. The van der Waals surface area contributed by atoms with E-state index in [4.69, 9.17) is 4.74 Å². The largest absolute Gasteiger partial charge is 0.506 e. The number of hydrogen-bond donors (Lipinski definition) is 3. The highest BCUT2D eigenvalue weighted by Gasteiger charge is 2.18. The Kier molecular flexibility index (Phi) is 4.47. The van der Waals surface area contributed by atoms with E-state index in [9.17, 15) is 14.7 Å². The molecule has 0 radical (unpaired) electrons. The Morgan fingerprint density at radius 1 is 1.20 bits per heavy atom. The fourth-order valence-corrected chi connectivity index (χ4v) is 2.35. The number of para-hydroxylation sites is 1. The van der Waals surface area contributed by atoms with Crippen LogP contribution in [-0.4, -0.2) is 29.3 Å². The van der Waals surface area contributed by atoms with Crippen molar-refractivity contribution in [3.63, 3.8) is 0 Å². The minimum atomic E-state index is -0.797. The first-order valence-corrected chi connectivity index (χ1v) is 7.41. The molecule has 3 N–H and O–H groups in total. The summed E-state index contributed by atoms with van der Waals surface area (Å²) in [7, 11) is 1.57. The number of rotatable bonds is 4. The van der Waals surface area contributed by atoms with Gasteiger partial charge in [0.15, 0.2) is 0 Å². The van der Waals surface area contributed by atoms with Crippen LogP contribution in [0.4, 0.5) is 0 Å². The minimum Gasteiger partial charge on any atom is -0.506 e. The third-order valence-electron chi connectivity index (χ3n) is 3.62. The molecular formula is C18H15N3O4. The predicted octanol–water partition coefficient (Wildman–Crippen LogP) is 2.01. The van der Waals surface area contributed by atoms with E-state index in [1.165, 1.54) is 6.21 Å². The maximum Gasteiger partial charge on any atom is 0.280 e. The number of pyridine rings is 1. The van der Waals surface area contributed by atoms with E-state index in [2.05, 4.69) is 15.5 Å². The summed E-state index contributed by atoms with van der Waals surface area (Å²) in [4.78, 5) is 26.8. The molecule has 0 aliphatic carbocycles. The lowest BCUT2D eigenvalue weighted by molar-refractivity contribution is 0.0951. The summed E-state index contributed by atoms with van der Waals surface area (Å²) in [6.07, 6.45) is 1.42. The number of carbonyl (C=O) groups excluding carboxylic acids is 1. The number of hydrazone groups is 1. The highest BCUT2D eigenvalue weighted by atomic mass is 16.5. The molecule has 0 saturated carbocycles. The van der Waals surface area contributed by atoms with Crippen molar-refractivity contribution >= 4 is 23.0 Å². The van der Waals surface area contributed by atoms with Gasteiger partial charge in [0.2, 0.25) is 0 Å². The normalized spacial score (nSPS) is 10.9. The SMILES string of the molecule is COc1ccc(/C=N/NC(=O)c2c(O)c3ccccc3[nH]c2=O)cc1. The molecule has 0 bridgehead atoms. The van der Waals surface area contributed by atoms with Crippen LogP contribution in [0.15, 0.2) is 58.4 Å². The molecule has 2 aromatic carbocycles. The molecule has 0 fully saturated rings. The summed E-state index contributed by atoms with van der Waals surface area (Å²) < 4.78 is 5.05. The molecule has 1 aromatic heterocycles. The fraction of sp³-hybridized carbons (Fsp3) is 0.0556. The van der Waals surface area contributed by atoms with Crippen LogP contribution in [0.25, 0.3) is 10.9 Å². The standard InChI is InChI=1S/C18H15N3O4/c1-25-12-8-6-11(7-9-12)10-19-21-18(24)15-16(22)13-4-2-3-5-14(13)20-17(15)23/h2-10H,1H3,(H,21,24)(H2,20,22,23)/b19-10+. The number of nitrogens with zero attached hydrogens (tertiary/aromatic N) is 1. The third kappa shape index (κ3) is 3.35. The van der Waals surface area contributed by atoms with Gasteiger partial charge in [0.05, 0.1) is 18.8 Å². The van der Waals surface area contributed by atoms with Gasteiger partial charge in [0.25, 0.3) is 11.5 Å². The number of carbonyl (C=O) groups is 1. The van der Waals surface area contributed by atoms with Crippen molar-refractivity contribution in [2.24, 2.45) is 5.10 Å². The van der Waals surface area contributed by atoms with Crippen molar-refractivity contribution in [2.75, 3.05) is 7.11 Å². The summed E-state index contributed by atoms with van der Waals surface area (Å²) in [5.41, 5.74) is 2.35. The molecule has 25 heavy (non-hydrogen) atoms. The first kappa shape index (κ1) is 16.3. The van der Waals surface area contributed by atoms with Crippen molar-refractivity contribution < 1.29 is 14.6 Å². The van der Waals surface area contributed by atoms with Crippen molar-refractivity contribution in [3.8, 4) is 11.5 Å². The van der Waals surface area contributed by atoms with Crippen molar-refractivity contribution in [1.29, 1.82) is 0 Å². The summed E-state index contributed by atoms with van der Waals surface area (Å²) in [6.45, 7) is 0. The molecule has 1 amide bonds. The van der Waals surface area contributed by atoms with Crippen LogP contribution in [0.5, 0.6) is 11.5 Å². The Morgan fingerprint density at radius 2 is 1.92 bits per heavy atom. The molecule has 0 aliphatic heterocycles. The number of ether oxygens (including phenoxy) is 1.